The van der Waals surface area contributed by atoms with Gasteiger partial charge in [-0.15, -0.1) is 0 Å². The van der Waals surface area contributed by atoms with Crippen LogP contribution in [0.4, 0.5) is 5.95 Å². The third-order valence-corrected chi connectivity index (χ3v) is 5.44. The lowest BCUT2D eigenvalue weighted by Crippen LogP contribution is -2.55. The molecular formula is C18H29N5O. The SMILES string of the molecule is Cc1cnc(N2CCN([C@@H](C)C(=O)NC3CCCC3)CC2)nc1C. The lowest BCUT2D eigenvalue weighted by Gasteiger charge is -2.37. The van der Waals surface area contributed by atoms with E-state index in [0.29, 0.717) is 6.04 Å². The first-order chi connectivity index (χ1) is 11.5. The van der Waals surface area contributed by atoms with Crippen LogP contribution in [0.2, 0.25) is 0 Å². The largest absolute Gasteiger partial charge is 0.352 e. The summed E-state index contributed by atoms with van der Waals surface area (Å²) < 4.78 is 0. The van der Waals surface area contributed by atoms with Crippen LogP contribution in [0.1, 0.15) is 43.9 Å². The highest BCUT2D eigenvalue weighted by molar-refractivity contribution is 5.81. The highest BCUT2D eigenvalue weighted by Crippen LogP contribution is 2.18. The first-order valence-corrected chi connectivity index (χ1v) is 9.14. The number of nitrogens with zero attached hydrogens (tertiary/aromatic N) is 4. The standard InChI is InChI=1S/C18H29N5O/c1-13-12-19-18(20-14(13)2)23-10-8-22(9-11-23)15(3)17(24)21-16-6-4-5-7-16/h12,15-16H,4-11H2,1-3H3,(H,21,24)/t15-/m0/s1. The van der Waals surface area contributed by atoms with Gasteiger partial charge >= 0.3 is 0 Å². The van der Waals surface area contributed by atoms with Crippen molar-refractivity contribution in [3.05, 3.63) is 17.5 Å². The molecule has 0 spiro atoms. The number of carbonyl (C=O) groups excluding carboxylic acids is 1. The zero-order valence-corrected chi connectivity index (χ0v) is 15.1. The Morgan fingerprint density at radius 1 is 1.21 bits per heavy atom. The maximum absolute atomic E-state index is 12.4. The van der Waals surface area contributed by atoms with Crippen LogP contribution in [0.3, 0.4) is 0 Å². The van der Waals surface area contributed by atoms with Crippen molar-refractivity contribution in [3.63, 3.8) is 0 Å². The summed E-state index contributed by atoms with van der Waals surface area (Å²) in [6.07, 6.45) is 6.65. The highest BCUT2D eigenvalue weighted by Gasteiger charge is 2.28. The van der Waals surface area contributed by atoms with Crippen LogP contribution >= 0.6 is 0 Å². The molecule has 1 N–H and O–H groups in total. The van der Waals surface area contributed by atoms with E-state index in [1.165, 1.54) is 12.8 Å². The van der Waals surface area contributed by atoms with E-state index in [1.54, 1.807) is 0 Å². The Morgan fingerprint density at radius 3 is 2.50 bits per heavy atom. The van der Waals surface area contributed by atoms with E-state index in [0.717, 1.165) is 56.2 Å². The highest BCUT2D eigenvalue weighted by atomic mass is 16.2. The van der Waals surface area contributed by atoms with Crippen molar-refractivity contribution in [3.8, 4) is 0 Å². The third kappa shape index (κ3) is 3.86. The molecule has 6 nitrogen and oxygen atoms in total. The van der Waals surface area contributed by atoms with Crippen LogP contribution in [0.15, 0.2) is 6.20 Å². The number of aryl methyl sites for hydroxylation is 2. The first-order valence-electron chi connectivity index (χ1n) is 9.14. The van der Waals surface area contributed by atoms with E-state index < -0.39 is 0 Å². The maximum atomic E-state index is 12.4. The van der Waals surface area contributed by atoms with Gasteiger partial charge in [-0.25, -0.2) is 9.97 Å². The second-order valence-corrected chi connectivity index (χ2v) is 7.13. The minimum absolute atomic E-state index is 0.0616. The molecule has 24 heavy (non-hydrogen) atoms. The molecule has 1 aromatic rings. The molecule has 0 unspecified atom stereocenters. The molecule has 0 bridgehead atoms. The van der Waals surface area contributed by atoms with Gasteiger partial charge in [-0.2, -0.15) is 0 Å². The van der Waals surface area contributed by atoms with E-state index in [1.807, 2.05) is 27.0 Å². The average Bonchev–Trinajstić information content (AvgIpc) is 3.10. The number of hydrogen-bond donors (Lipinski definition) is 1. The summed E-state index contributed by atoms with van der Waals surface area (Å²) in [6, 6.07) is 0.332. The van der Waals surface area contributed by atoms with Gasteiger partial charge in [-0.05, 0) is 39.2 Å². The predicted molar refractivity (Wildman–Crippen MR) is 95.2 cm³/mol. The Hall–Kier alpha value is -1.69. The summed E-state index contributed by atoms with van der Waals surface area (Å²) >= 11 is 0. The molecule has 1 aromatic heterocycles. The normalized spacial score (nSPS) is 21.0. The number of hydrogen-bond acceptors (Lipinski definition) is 5. The van der Waals surface area contributed by atoms with Crippen LogP contribution in [0.25, 0.3) is 0 Å². The molecule has 1 saturated heterocycles. The second kappa shape index (κ2) is 7.47. The summed E-state index contributed by atoms with van der Waals surface area (Å²) in [5.41, 5.74) is 2.15. The van der Waals surface area contributed by atoms with Crippen molar-refractivity contribution in [2.24, 2.45) is 0 Å². The van der Waals surface area contributed by atoms with Crippen LogP contribution in [0.5, 0.6) is 0 Å². The van der Waals surface area contributed by atoms with E-state index >= 15 is 0 Å². The Balaban J connectivity index is 1.52. The number of piperazine rings is 1. The molecule has 6 heteroatoms. The smallest absolute Gasteiger partial charge is 0.237 e. The maximum Gasteiger partial charge on any atom is 0.237 e. The molecule has 1 atom stereocenters. The zero-order chi connectivity index (χ0) is 17.1. The molecule has 1 aliphatic heterocycles. The number of anilines is 1. The van der Waals surface area contributed by atoms with Crippen molar-refractivity contribution in [2.75, 3.05) is 31.1 Å². The molecular weight excluding hydrogens is 302 g/mol. The molecule has 2 aliphatic rings. The second-order valence-electron chi connectivity index (χ2n) is 7.13. The molecule has 0 radical (unpaired) electrons. The Morgan fingerprint density at radius 2 is 1.88 bits per heavy atom. The Bertz CT molecular complexity index is 577. The van der Waals surface area contributed by atoms with Crippen molar-refractivity contribution < 1.29 is 4.79 Å². The van der Waals surface area contributed by atoms with Gasteiger partial charge in [-0.3, -0.25) is 9.69 Å². The van der Waals surface area contributed by atoms with Crippen molar-refractivity contribution >= 4 is 11.9 Å². The topological polar surface area (TPSA) is 61.4 Å². The van der Waals surface area contributed by atoms with Gasteiger partial charge in [0.15, 0.2) is 0 Å². The van der Waals surface area contributed by atoms with Gasteiger partial charge in [0, 0.05) is 44.1 Å². The first kappa shape index (κ1) is 17.1. The number of carbonyl (C=O) groups is 1. The van der Waals surface area contributed by atoms with Crippen molar-refractivity contribution in [1.29, 1.82) is 0 Å². The van der Waals surface area contributed by atoms with Crippen molar-refractivity contribution in [2.45, 2.75) is 58.5 Å². The fourth-order valence-corrected chi connectivity index (χ4v) is 3.53. The van der Waals surface area contributed by atoms with E-state index in [-0.39, 0.29) is 11.9 Å². The number of nitrogens with one attached hydrogen (secondary N) is 1. The molecule has 1 aliphatic carbocycles. The number of rotatable bonds is 4. The monoisotopic (exact) mass is 331 g/mol. The molecule has 2 heterocycles. The zero-order valence-electron chi connectivity index (χ0n) is 15.1. The van der Waals surface area contributed by atoms with Crippen molar-refractivity contribution in [1.82, 2.24) is 20.2 Å². The van der Waals surface area contributed by atoms with Crippen LogP contribution in [-0.2, 0) is 4.79 Å². The van der Waals surface area contributed by atoms with Crippen LogP contribution in [0, 0.1) is 13.8 Å². The summed E-state index contributed by atoms with van der Waals surface area (Å²) in [7, 11) is 0. The van der Waals surface area contributed by atoms with Gasteiger partial charge in [0.05, 0.1) is 6.04 Å². The molecule has 0 aromatic carbocycles. The Kier molecular flexibility index (Phi) is 5.33. The quantitative estimate of drug-likeness (QED) is 0.909. The molecule has 3 rings (SSSR count). The average molecular weight is 331 g/mol. The van der Waals surface area contributed by atoms with Gasteiger partial charge in [-0.1, -0.05) is 12.8 Å². The minimum Gasteiger partial charge on any atom is -0.352 e. The minimum atomic E-state index is -0.0616. The predicted octanol–water partition coefficient (Wildman–Crippen LogP) is 1.66. The summed E-state index contributed by atoms with van der Waals surface area (Å²) in [4.78, 5) is 26.0. The molecule has 132 valence electrons. The van der Waals surface area contributed by atoms with E-state index in [4.69, 9.17) is 0 Å². The van der Waals surface area contributed by atoms with E-state index in [9.17, 15) is 4.79 Å². The molecule has 1 saturated carbocycles. The van der Waals surface area contributed by atoms with Gasteiger partial charge in [0.1, 0.15) is 0 Å². The summed E-state index contributed by atoms with van der Waals surface area (Å²) in [5.74, 6) is 0.985. The van der Waals surface area contributed by atoms with Gasteiger partial charge in [0.25, 0.3) is 0 Å². The summed E-state index contributed by atoms with van der Waals surface area (Å²) in [5, 5.41) is 3.21. The van der Waals surface area contributed by atoms with Crippen LogP contribution in [-0.4, -0.2) is 59.0 Å². The van der Waals surface area contributed by atoms with E-state index in [2.05, 4.69) is 25.1 Å². The number of aromatic nitrogens is 2. The fourth-order valence-electron chi connectivity index (χ4n) is 3.53. The fraction of sp³-hybridized carbons (Fsp3) is 0.722. The lowest BCUT2D eigenvalue weighted by molar-refractivity contribution is -0.126. The van der Waals surface area contributed by atoms with Gasteiger partial charge in [0.2, 0.25) is 11.9 Å². The molecule has 2 fully saturated rings. The van der Waals surface area contributed by atoms with Gasteiger partial charge < -0.3 is 10.2 Å². The number of amides is 1. The lowest BCUT2D eigenvalue weighted by atomic mass is 10.2. The Labute approximate surface area is 144 Å². The third-order valence-electron chi connectivity index (χ3n) is 5.44. The van der Waals surface area contributed by atoms with Crippen LogP contribution < -0.4 is 10.2 Å². The molecule has 1 amide bonds. The summed E-state index contributed by atoms with van der Waals surface area (Å²) in [6.45, 7) is 9.54.